The molecule has 2 aliphatic heterocycles. The van der Waals surface area contributed by atoms with E-state index in [0.29, 0.717) is 0 Å². The summed E-state index contributed by atoms with van der Waals surface area (Å²) in [5.74, 6) is 0. The van der Waals surface area contributed by atoms with Crippen LogP contribution < -0.4 is 0 Å². The van der Waals surface area contributed by atoms with Gasteiger partial charge in [-0.3, -0.25) is 0 Å². The fourth-order valence-electron chi connectivity index (χ4n) is 1.96. The molecule has 1 atom stereocenters. The number of nitrogens with one attached hydrogen (secondary N) is 1. The third-order valence-electron chi connectivity index (χ3n) is 3.88. The maximum atomic E-state index is 7.76. The molecule has 0 saturated carbocycles. The SMILES string of the molecule is CC1(C)OB(C2=CC[PH](=N)CC2)OC1(C)C. The van der Waals surface area contributed by atoms with Crippen molar-refractivity contribution in [3.8, 4) is 0 Å². The molecule has 0 radical (unpaired) electrons. The Balaban J connectivity index is 2.12. The van der Waals surface area contributed by atoms with Crippen LogP contribution in [0.1, 0.15) is 34.1 Å². The molecule has 0 spiro atoms. The van der Waals surface area contributed by atoms with E-state index in [9.17, 15) is 0 Å². The predicted molar refractivity (Wildman–Crippen MR) is 69.6 cm³/mol. The highest BCUT2D eigenvalue weighted by molar-refractivity contribution is 7.46. The molecular weight excluding hydrogens is 220 g/mol. The summed E-state index contributed by atoms with van der Waals surface area (Å²) in [7, 11) is -1.03. The van der Waals surface area contributed by atoms with Crippen LogP contribution in [0.3, 0.4) is 0 Å². The first kappa shape index (κ1) is 12.4. The Labute approximate surface area is 99.0 Å². The second-order valence-electron chi connectivity index (χ2n) is 5.67. The van der Waals surface area contributed by atoms with E-state index in [1.165, 1.54) is 5.47 Å². The van der Waals surface area contributed by atoms with Crippen molar-refractivity contribution in [2.24, 2.45) is 0 Å². The molecule has 0 aliphatic carbocycles. The van der Waals surface area contributed by atoms with Gasteiger partial charge in [-0.1, -0.05) is 6.08 Å². The number of rotatable bonds is 1. The summed E-state index contributed by atoms with van der Waals surface area (Å²) >= 11 is 0. The molecule has 0 amide bonds. The minimum Gasteiger partial charge on any atom is -0.400 e. The van der Waals surface area contributed by atoms with Gasteiger partial charge in [0.05, 0.1) is 11.2 Å². The van der Waals surface area contributed by atoms with Gasteiger partial charge in [-0.15, -0.1) is 0 Å². The highest BCUT2D eigenvalue weighted by atomic mass is 31.1. The van der Waals surface area contributed by atoms with Crippen molar-refractivity contribution in [3.63, 3.8) is 0 Å². The second kappa shape index (κ2) is 4.01. The van der Waals surface area contributed by atoms with E-state index >= 15 is 0 Å². The number of allylic oxidation sites excluding steroid dienone is 2. The summed E-state index contributed by atoms with van der Waals surface area (Å²) in [6.07, 6.45) is 5.12. The lowest BCUT2D eigenvalue weighted by atomic mass is 9.76. The fourth-order valence-corrected chi connectivity index (χ4v) is 3.27. The van der Waals surface area contributed by atoms with E-state index in [0.717, 1.165) is 18.7 Å². The van der Waals surface area contributed by atoms with Gasteiger partial charge in [-0.2, -0.15) is 0 Å². The first-order valence-corrected chi connectivity index (χ1v) is 7.84. The summed E-state index contributed by atoms with van der Waals surface area (Å²) in [5, 5.41) is 7.76. The highest BCUT2D eigenvalue weighted by Crippen LogP contribution is 2.41. The van der Waals surface area contributed by atoms with Gasteiger partial charge in [0.15, 0.2) is 0 Å². The normalized spacial score (nSPS) is 32.6. The molecule has 1 saturated heterocycles. The molecule has 2 rings (SSSR count). The summed E-state index contributed by atoms with van der Waals surface area (Å²) in [4.78, 5) is 0. The lowest BCUT2D eigenvalue weighted by molar-refractivity contribution is 0.00578. The van der Waals surface area contributed by atoms with E-state index in [-0.39, 0.29) is 18.3 Å². The van der Waals surface area contributed by atoms with Gasteiger partial charge in [0, 0.05) is 0 Å². The molecule has 2 aliphatic rings. The van der Waals surface area contributed by atoms with E-state index in [1.807, 2.05) is 0 Å². The van der Waals surface area contributed by atoms with Gasteiger partial charge >= 0.3 is 7.12 Å². The van der Waals surface area contributed by atoms with Crippen molar-refractivity contribution in [3.05, 3.63) is 11.5 Å². The molecule has 3 nitrogen and oxygen atoms in total. The third-order valence-corrected chi connectivity index (χ3v) is 5.43. The Kier molecular flexibility index (Phi) is 3.11. The molecule has 2 heterocycles. The minimum atomic E-state index is -0.849. The van der Waals surface area contributed by atoms with Gasteiger partial charge in [0.25, 0.3) is 0 Å². The predicted octanol–water partition coefficient (Wildman–Crippen LogP) is 2.92. The Hall–Kier alpha value is -0.0451. The van der Waals surface area contributed by atoms with Crippen molar-refractivity contribution in [1.29, 1.82) is 5.16 Å². The van der Waals surface area contributed by atoms with Crippen LogP contribution in [0.5, 0.6) is 0 Å². The van der Waals surface area contributed by atoms with E-state index in [4.69, 9.17) is 14.5 Å². The van der Waals surface area contributed by atoms with E-state index < -0.39 is 7.71 Å². The summed E-state index contributed by atoms with van der Waals surface area (Å²) in [5.41, 5.74) is 0.759. The van der Waals surface area contributed by atoms with Crippen LogP contribution in [0.4, 0.5) is 0 Å². The van der Waals surface area contributed by atoms with Crippen LogP contribution in [-0.4, -0.2) is 30.6 Å². The van der Waals surface area contributed by atoms with Crippen molar-refractivity contribution in [1.82, 2.24) is 0 Å². The summed E-state index contributed by atoms with van der Waals surface area (Å²) < 4.78 is 12.0. The molecule has 5 heteroatoms. The smallest absolute Gasteiger partial charge is 0.400 e. The summed E-state index contributed by atoms with van der Waals surface area (Å²) in [6.45, 7) is 8.32. The van der Waals surface area contributed by atoms with Gasteiger partial charge in [-0.25, -0.2) is 0 Å². The first-order chi connectivity index (χ1) is 7.32. The van der Waals surface area contributed by atoms with Crippen molar-refractivity contribution in [2.75, 3.05) is 12.3 Å². The van der Waals surface area contributed by atoms with Crippen molar-refractivity contribution >= 4 is 14.8 Å². The maximum absolute atomic E-state index is 7.76. The van der Waals surface area contributed by atoms with Crippen LogP contribution in [0.25, 0.3) is 0 Å². The molecule has 1 fully saturated rings. The second-order valence-corrected chi connectivity index (χ2v) is 7.79. The van der Waals surface area contributed by atoms with Crippen LogP contribution in [0.2, 0.25) is 0 Å². The van der Waals surface area contributed by atoms with Gasteiger partial charge in [0.1, 0.15) is 0 Å². The van der Waals surface area contributed by atoms with Crippen LogP contribution in [-0.2, 0) is 9.31 Å². The first-order valence-electron chi connectivity index (χ1n) is 5.93. The zero-order valence-corrected chi connectivity index (χ0v) is 11.6. The zero-order chi connectivity index (χ0) is 12.0. The Bertz CT molecular complexity index is 336. The standard InChI is InChI=1S/C11H21BNO2P/c1-10(2)11(3,4)15-12(14-10)9-5-7-16(13)8-6-9/h5,13,16H,6-8H2,1-4H3. The molecule has 90 valence electrons. The highest BCUT2D eigenvalue weighted by Gasteiger charge is 2.52. The monoisotopic (exact) mass is 241 g/mol. The van der Waals surface area contributed by atoms with Crippen LogP contribution in [0.15, 0.2) is 11.5 Å². The summed E-state index contributed by atoms with van der Waals surface area (Å²) in [6, 6.07) is 0. The Morgan fingerprint density at radius 3 is 2.25 bits per heavy atom. The molecule has 16 heavy (non-hydrogen) atoms. The molecule has 0 bridgehead atoms. The molecule has 0 aromatic rings. The van der Waals surface area contributed by atoms with Crippen LogP contribution in [0, 0.1) is 5.16 Å². The number of hydrogen-bond acceptors (Lipinski definition) is 3. The fraction of sp³-hybridized carbons (Fsp3) is 0.818. The largest absolute Gasteiger partial charge is 0.490 e. The topological polar surface area (TPSA) is 42.3 Å². The molecule has 0 aromatic heterocycles. The van der Waals surface area contributed by atoms with Gasteiger partial charge in [-0.05, 0) is 59.6 Å². The average molecular weight is 241 g/mol. The molecular formula is C11H21BNO2P. The minimum absolute atomic E-state index is 0.180. The third kappa shape index (κ3) is 2.16. The molecule has 1 N–H and O–H groups in total. The lowest BCUT2D eigenvalue weighted by Gasteiger charge is -2.32. The van der Waals surface area contributed by atoms with Gasteiger partial charge < -0.3 is 14.5 Å². The average Bonchev–Trinajstić information content (AvgIpc) is 2.37. The van der Waals surface area contributed by atoms with Crippen molar-refractivity contribution in [2.45, 2.75) is 45.3 Å². The van der Waals surface area contributed by atoms with E-state index in [2.05, 4.69) is 33.8 Å². The van der Waals surface area contributed by atoms with E-state index in [1.54, 1.807) is 0 Å². The Morgan fingerprint density at radius 2 is 1.81 bits per heavy atom. The zero-order valence-electron chi connectivity index (χ0n) is 10.6. The quantitative estimate of drug-likeness (QED) is 0.566. The maximum Gasteiger partial charge on any atom is 0.490 e. The number of hydrogen-bond donors (Lipinski definition) is 1. The van der Waals surface area contributed by atoms with Crippen molar-refractivity contribution < 1.29 is 9.31 Å². The van der Waals surface area contributed by atoms with Crippen LogP contribution >= 0.6 is 7.71 Å². The lowest BCUT2D eigenvalue weighted by Crippen LogP contribution is -2.41. The molecule has 0 aromatic carbocycles. The molecule has 1 unspecified atom stereocenters. The van der Waals surface area contributed by atoms with Gasteiger partial charge in [0.2, 0.25) is 0 Å². The Morgan fingerprint density at radius 1 is 1.25 bits per heavy atom.